The number of likely N-dealkylation sites (tertiary alicyclic amines) is 1. The van der Waals surface area contributed by atoms with Crippen LogP contribution in [0.3, 0.4) is 0 Å². The zero-order valence-electron chi connectivity index (χ0n) is 11.1. The monoisotopic (exact) mass is 266 g/mol. The van der Waals surface area contributed by atoms with Crippen LogP contribution < -0.4 is 5.32 Å². The van der Waals surface area contributed by atoms with E-state index in [2.05, 4.69) is 5.32 Å². The molecule has 1 saturated carbocycles. The van der Waals surface area contributed by atoms with Crippen molar-refractivity contribution >= 4 is 17.9 Å². The molecule has 0 aromatic carbocycles. The Morgan fingerprint density at radius 3 is 2.32 bits per heavy atom. The van der Waals surface area contributed by atoms with Gasteiger partial charge in [0.05, 0.1) is 0 Å². The van der Waals surface area contributed by atoms with Gasteiger partial charge in [-0.25, -0.2) is 9.59 Å². The maximum atomic E-state index is 12.0. The molecule has 19 heavy (non-hydrogen) atoms. The number of carboxylic acids is 1. The Hall–Kier alpha value is -1.85. The molecule has 6 nitrogen and oxygen atoms in total. The molecule has 1 saturated heterocycles. The summed E-state index contributed by atoms with van der Waals surface area (Å²) >= 11 is 0. The second-order valence-electron chi connectivity index (χ2n) is 5.30. The summed E-state index contributed by atoms with van der Waals surface area (Å²) in [5, 5.41) is 11.1. The number of rotatable bonds is 2. The Morgan fingerprint density at radius 2 is 1.84 bits per heavy atom. The molecule has 2 fully saturated rings. The van der Waals surface area contributed by atoms with Crippen LogP contribution in [0.5, 0.6) is 0 Å². The second-order valence-corrected chi connectivity index (χ2v) is 5.30. The Morgan fingerprint density at radius 1 is 1.16 bits per heavy atom. The topological polar surface area (TPSA) is 86.7 Å². The fourth-order valence-electron chi connectivity index (χ4n) is 2.77. The molecule has 3 amide bonds. The number of carbonyl (C=O) groups is 3. The van der Waals surface area contributed by atoms with Gasteiger partial charge in [0, 0.05) is 23.7 Å². The first-order chi connectivity index (χ1) is 8.90. The Balaban J connectivity index is 1.98. The first-order valence-electron chi connectivity index (χ1n) is 6.43. The molecule has 0 aromatic rings. The van der Waals surface area contributed by atoms with E-state index in [0.29, 0.717) is 12.5 Å². The van der Waals surface area contributed by atoms with E-state index in [4.69, 9.17) is 5.11 Å². The molecule has 2 rings (SSSR count). The smallest absolute Gasteiger partial charge is 0.331 e. The summed E-state index contributed by atoms with van der Waals surface area (Å²) in [6, 6.07) is -0.169. The Labute approximate surface area is 111 Å². The van der Waals surface area contributed by atoms with Crippen LogP contribution >= 0.6 is 0 Å². The maximum Gasteiger partial charge on any atom is 0.331 e. The van der Waals surface area contributed by atoms with Crippen molar-refractivity contribution in [2.75, 3.05) is 6.54 Å². The van der Waals surface area contributed by atoms with E-state index < -0.39 is 17.9 Å². The standard InChI is InChI=1S/C13H18N2O4/c1-7(8(2)12(17)18)11(16)14-13(19)15-6-9-3-4-10(15)5-9/h9-10H,3-6H2,1-2H3,(H,17,18)(H,14,16,19). The minimum Gasteiger partial charge on any atom is -0.478 e. The number of nitrogens with one attached hydrogen (secondary N) is 1. The zero-order valence-corrected chi connectivity index (χ0v) is 11.1. The van der Waals surface area contributed by atoms with Crippen molar-refractivity contribution in [2.45, 2.75) is 39.2 Å². The van der Waals surface area contributed by atoms with Crippen molar-refractivity contribution in [3.05, 3.63) is 11.1 Å². The Bertz CT molecular complexity index is 469. The van der Waals surface area contributed by atoms with Crippen molar-refractivity contribution in [2.24, 2.45) is 5.92 Å². The van der Waals surface area contributed by atoms with Crippen LogP contribution in [0.1, 0.15) is 33.1 Å². The average molecular weight is 266 g/mol. The summed E-state index contributed by atoms with van der Waals surface area (Å²) in [6.07, 6.45) is 3.17. The van der Waals surface area contributed by atoms with Gasteiger partial charge in [-0.05, 0) is 39.0 Å². The minimum atomic E-state index is -1.15. The highest BCUT2D eigenvalue weighted by Gasteiger charge is 2.40. The van der Waals surface area contributed by atoms with E-state index in [0.717, 1.165) is 19.3 Å². The van der Waals surface area contributed by atoms with Crippen LogP contribution in [-0.2, 0) is 9.59 Å². The van der Waals surface area contributed by atoms with Gasteiger partial charge in [-0.15, -0.1) is 0 Å². The van der Waals surface area contributed by atoms with Gasteiger partial charge in [0.1, 0.15) is 0 Å². The first-order valence-corrected chi connectivity index (χ1v) is 6.43. The first kappa shape index (κ1) is 13.6. The highest BCUT2D eigenvalue weighted by atomic mass is 16.4. The van der Waals surface area contributed by atoms with Crippen LogP contribution in [0, 0.1) is 5.92 Å². The molecule has 2 unspecified atom stereocenters. The number of carboxylic acid groups (broad SMARTS) is 1. The maximum absolute atomic E-state index is 12.0. The molecule has 0 aromatic heterocycles. The zero-order chi connectivity index (χ0) is 14.2. The van der Waals surface area contributed by atoms with E-state index in [9.17, 15) is 14.4 Å². The number of amides is 3. The molecule has 104 valence electrons. The summed E-state index contributed by atoms with van der Waals surface area (Å²) in [6.45, 7) is 3.45. The number of aliphatic carboxylic acids is 1. The number of piperidine rings is 1. The summed E-state index contributed by atoms with van der Waals surface area (Å²) < 4.78 is 0. The summed E-state index contributed by atoms with van der Waals surface area (Å²) in [7, 11) is 0. The molecule has 2 N–H and O–H groups in total. The highest BCUT2D eigenvalue weighted by Crippen LogP contribution is 2.37. The SMILES string of the molecule is CC(C(=O)O)=C(C)C(=O)NC(=O)N1CC2CCC1C2. The molecule has 1 heterocycles. The van der Waals surface area contributed by atoms with Crippen LogP contribution in [-0.4, -0.2) is 40.5 Å². The van der Waals surface area contributed by atoms with E-state index >= 15 is 0 Å². The third-order valence-electron chi connectivity index (χ3n) is 4.11. The lowest BCUT2D eigenvalue weighted by Crippen LogP contribution is -2.46. The molecule has 1 aliphatic heterocycles. The minimum absolute atomic E-state index is 0.0479. The quantitative estimate of drug-likeness (QED) is 0.733. The number of carbonyl (C=O) groups excluding carboxylic acids is 2. The van der Waals surface area contributed by atoms with Crippen molar-refractivity contribution in [3.8, 4) is 0 Å². The molecule has 6 heteroatoms. The molecular formula is C13H18N2O4. The number of nitrogens with zero attached hydrogens (tertiary/aromatic N) is 1. The molecule has 2 aliphatic rings. The molecule has 0 spiro atoms. The lowest BCUT2D eigenvalue weighted by Gasteiger charge is -2.26. The van der Waals surface area contributed by atoms with Gasteiger partial charge in [-0.2, -0.15) is 0 Å². The van der Waals surface area contributed by atoms with E-state index in [-0.39, 0.29) is 17.2 Å². The van der Waals surface area contributed by atoms with Gasteiger partial charge >= 0.3 is 12.0 Å². The molecule has 1 aliphatic carbocycles. The predicted octanol–water partition coefficient (Wildman–Crippen LogP) is 1.13. The van der Waals surface area contributed by atoms with Crippen LogP contribution in [0.4, 0.5) is 4.79 Å². The van der Waals surface area contributed by atoms with E-state index in [1.807, 2.05) is 0 Å². The number of fused-ring (bicyclic) bond motifs is 2. The molecule has 0 radical (unpaired) electrons. The third-order valence-corrected chi connectivity index (χ3v) is 4.11. The third kappa shape index (κ3) is 2.62. The van der Waals surface area contributed by atoms with Gasteiger partial charge in [-0.1, -0.05) is 0 Å². The fraction of sp³-hybridized carbons (Fsp3) is 0.615. The highest BCUT2D eigenvalue weighted by molar-refractivity contribution is 6.07. The van der Waals surface area contributed by atoms with Crippen LogP contribution in [0.25, 0.3) is 0 Å². The predicted molar refractivity (Wildman–Crippen MR) is 67.4 cm³/mol. The number of hydrogen-bond acceptors (Lipinski definition) is 3. The summed E-state index contributed by atoms with van der Waals surface area (Å²) in [4.78, 5) is 36.2. The van der Waals surface area contributed by atoms with Gasteiger partial charge < -0.3 is 10.0 Å². The molecule has 2 atom stereocenters. The largest absolute Gasteiger partial charge is 0.478 e. The molecular weight excluding hydrogens is 248 g/mol. The lowest BCUT2D eigenvalue weighted by molar-refractivity contribution is -0.133. The number of urea groups is 1. The Kier molecular flexibility index (Phi) is 3.59. The van der Waals surface area contributed by atoms with E-state index in [1.165, 1.54) is 13.8 Å². The normalized spacial score (nSPS) is 26.1. The van der Waals surface area contributed by atoms with Gasteiger partial charge in [0.15, 0.2) is 0 Å². The van der Waals surface area contributed by atoms with Crippen LogP contribution in [0.15, 0.2) is 11.1 Å². The van der Waals surface area contributed by atoms with Gasteiger partial charge in [0.25, 0.3) is 5.91 Å². The van der Waals surface area contributed by atoms with Crippen molar-refractivity contribution < 1.29 is 19.5 Å². The van der Waals surface area contributed by atoms with Gasteiger partial charge in [-0.3, -0.25) is 10.1 Å². The lowest BCUT2D eigenvalue weighted by atomic mass is 10.1. The van der Waals surface area contributed by atoms with Crippen molar-refractivity contribution in [3.63, 3.8) is 0 Å². The van der Waals surface area contributed by atoms with Gasteiger partial charge in [0.2, 0.25) is 0 Å². The fourth-order valence-corrected chi connectivity index (χ4v) is 2.77. The summed E-state index contributed by atoms with van der Waals surface area (Å²) in [5.41, 5.74) is 0.0125. The second kappa shape index (κ2) is 5.03. The van der Waals surface area contributed by atoms with Crippen LogP contribution in [0.2, 0.25) is 0 Å². The molecule has 2 bridgehead atoms. The number of hydrogen-bond donors (Lipinski definition) is 2. The van der Waals surface area contributed by atoms with Crippen molar-refractivity contribution in [1.82, 2.24) is 10.2 Å². The van der Waals surface area contributed by atoms with Crippen molar-refractivity contribution in [1.29, 1.82) is 0 Å². The van der Waals surface area contributed by atoms with E-state index in [1.54, 1.807) is 4.90 Å². The average Bonchev–Trinajstić information content (AvgIpc) is 2.98. The number of imide groups is 1. The summed E-state index contributed by atoms with van der Waals surface area (Å²) in [5.74, 6) is -1.23.